The molecule has 106 heavy (non-hydrogen) atoms. The van der Waals surface area contributed by atoms with E-state index in [9.17, 15) is 110 Å². The molecule has 0 spiro atoms. The summed E-state index contributed by atoms with van der Waals surface area (Å²) in [6.45, 7) is -25.2. The van der Waals surface area contributed by atoms with Crippen molar-refractivity contribution in [2.75, 3.05) is 211 Å². The number of halogens is 16. The van der Waals surface area contributed by atoms with Gasteiger partial charge in [-0.1, -0.05) is 26.3 Å². The summed E-state index contributed by atoms with van der Waals surface area (Å²) in [5.74, 6) is -4.02. The first-order valence-electron chi connectivity index (χ1n) is 30.4. The molecule has 0 amide bonds. The minimum Gasteiger partial charge on any atom is -0.460 e. The maximum atomic E-state index is 15.0. The number of alkyl halides is 16. The van der Waals surface area contributed by atoms with Crippen molar-refractivity contribution in [3.8, 4) is 0 Å². The number of esters is 4. The van der Waals surface area contributed by atoms with Gasteiger partial charge in [0.25, 0.3) is 0 Å². The van der Waals surface area contributed by atoms with Crippen molar-refractivity contribution in [3.63, 3.8) is 0 Å². The van der Waals surface area contributed by atoms with Crippen LogP contribution in [-0.2, 0) is 114 Å². The van der Waals surface area contributed by atoms with Gasteiger partial charge in [0.1, 0.15) is 104 Å². The summed E-state index contributed by atoms with van der Waals surface area (Å²) in [7, 11) is 0. The Labute approximate surface area is 594 Å². The Bertz CT molecular complexity index is 2270. The first-order chi connectivity index (χ1) is 49.3. The van der Waals surface area contributed by atoms with Crippen LogP contribution in [0.3, 0.4) is 0 Å². The highest BCUT2D eigenvalue weighted by atomic mass is 19.3. The fourth-order valence-electron chi connectivity index (χ4n) is 6.52. The van der Waals surface area contributed by atoms with E-state index in [1.807, 2.05) is 0 Å². The van der Waals surface area contributed by atoms with Gasteiger partial charge in [0.2, 0.25) is 0 Å². The van der Waals surface area contributed by atoms with Crippen LogP contribution in [0.15, 0.2) is 50.6 Å². The van der Waals surface area contributed by atoms with Gasteiger partial charge < -0.3 is 136 Å². The van der Waals surface area contributed by atoms with Gasteiger partial charge in [0.15, 0.2) is 0 Å². The molecule has 0 aliphatic heterocycles. The predicted molar refractivity (Wildman–Crippen MR) is 316 cm³/mol. The monoisotopic (exact) mass is 1600 g/mol. The lowest BCUT2D eigenvalue weighted by Gasteiger charge is -2.36. The summed E-state index contributed by atoms with van der Waals surface area (Å²) in [4.78, 5) is 44.7. The van der Waals surface area contributed by atoms with Gasteiger partial charge in [-0.3, -0.25) is 0 Å². The van der Waals surface area contributed by atoms with Crippen molar-refractivity contribution in [3.05, 3.63) is 50.6 Å². The largest absolute Gasteiger partial charge is 0.460 e. The minimum atomic E-state index is -4.46. The molecule has 0 aromatic heterocycles. The summed E-state index contributed by atoms with van der Waals surface area (Å²) in [5.41, 5.74) is -5.13. The number of ether oxygens (including phenoxy) is 20. The summed E-state index contributed by atoms with van der Waals surface area (Å²) < 4.78 is 321. The molecule has 0 saturated heterocycles. The van der Waals surface area contributed by atoms with E-state index in [2.05, 4.69) is 102 Å². The Hall–Kier alpha value is -5.24. The minimum absolute atomic E-state index is 0.536. The van der Waals surface area contributed by atoms with E-state index in [1.165, 1.54) is 0 Å². The van der Waals surface area contributed by atoms with Gasteiger partial charge in [0.05, 0.1) is 143 Å². The van der Waals surface area contributed by atoms with Crippen LogP contribution < -0.4 is 0 Å². The van der Waals surface area contributed by atoms with E-state index in [1.54, 1.807) is 0 Å². The van der Waals surface area contributed by atoms with E-state index in [4.69, 9.17) is 39.4 Å². The molecule has 0 saturated carbocycles. The van der Waals surface area contributed by atoms with Crippen molar-refractivity contribution >= 4 is 23.9 Å². The number of carbonyl (C=O) groups excluding carboxylic acids is 4. The second-order valence-corrected chi connectivity index (χ2v) is 21.5. The molecule has 0 rings (SSSR count). The molecule has 48 heteroatoms. The fraction of sp³-hybridized carbons (Fsp3) is 0.793. The Morgan fingerprint density at radius 1 is 0.255 bits per heavy atom. The molecule has 0 bridgehead atoms. The molecule has 624 valence electrons. The predicted octanol–water partition coefficient (Wildman–Crippen LogP) is 1.28. The molecule has 0 aliphatic carbocycles. The fourth-order valence-corrected chi connectivity index (χ4v) is 6.52. The highest BCUT2D eigenvalue weighted by molar-refractivity contribution is 5.82. The third kappa shape index (κ3) is 55.2. The molecule has 4 atom stereocenters. The van der Waals surface area contributed by atoms with E-state index in [-0.39, 0.29) is 0 Å². The molecule has 4 unspecified atom stereocenters. The lowest BCUT2D eigenvalue weighted by atomic mass is 9.92. The SMILES string of the molecule is C=CC(=O)OCC(O)COCC(F)(F)OCC(COCC(F)(F)OCC(O)COC(=O)C=C)(COCC(F)(F)OCC(O)COC(=O)C=C)COC(F)(F)COCC(O)COC(=O)C=C.OCCOCC(F)(F)OCC(COCC(F)(F)OCCO)(COCC(F)(F)OCCO)COC(F)(F)COCCO. The molecule has 8 N–H and O–H groups in total. The van der Waals surface area contributed by atoms with E-state index in [0.29, 0.717) is 12.2 Å². The van der Waals surface area contributed by atoms with Crippen LogP contribution in [0, 0.1) is 10.8 Å². The number of hydrogen-bond acceptors (Lipinski definition) is 32. The van der Waals surface area contributed by atoms with E-state index in [0.717, 1.165) is 12.2 Å². The molecule has 0 heterocycles. The Morgan fingerprint density at radius 2 is 0.453 bits per heavy atom. The summed E-state index contributed by atoms with van der Waals surface area (Å²) in [6, 6.07) is 0. The summed E-state index contributed by atoms with van der Waals surface area (Å²) in [5, 5.41) is 73.8. The highest BCUT2D eigenvalue weighted by Gasteiger charge is 2.47. The first kappa shape index (κ1) is 103. The van der Waals surface area contributed by atoms with Crippen molar-refractivity contribution < 1.29 is 225 Å². The second kappa shape index (κ2) is 53.6. The van der Waals surface area contributed by atoms with Crippen LogP contribution in [0.5, 0.6) is 0 Å². The Balaban J connectivity index is 0. The Kier molecular flexibility index (Phi) is 52.0. The summed E-state index contributed by atoms with van der Waals surface area (Å²) >= 11 is 0. The van der Waals surface area contributed by atoms with Crippen LogP contribution in [0.1, 0.15) is 0 Å². The molecule has 0 aliphatic rings. The third-order valence-electron chi connectivity index (χ3n) is 11.4. The van der Waals surface area contributed by atoms with Crippen molar-refractivity contribution in [2.24, 2.45) is 10.8 Å². The lowest BCUT2D eigenvalue weighted by molar-refractivity contribution is -0.318. The zero-order valence-corrected chi connectivity index (χ0v) is 56.5. The number of aliphatic hydroxyl groups is 8. The van der Waals surface area contributed by atoms with Crippen LogP contribution in [0.2, 0.25) is 0 Å². The average molecular weight is 1600 g/mol. The van der Waals surface area contributed by atoms with Crippen molar-refractivity contribution in [1.29, 1.82) is 0 Å². The molecule has 0 fully saturated rings. The normalized spacial score (nSPS) is 14.6. The van der Waals surface area contributed by atoms with Crippen LogP contribution in [0.25, 0.3) is 0 Å². The van der Waals surface area contributed by atoms with Crippen LogP contribution >= 0.6 is 0 Å². The first-order valence-corrected chi connectivity index (χ1v) is 30.4. The second-order valence-electron chi connectivity index (χ2n) is 21.5. The highest BCUT2D eigenvalue weighted by Crippen LogP contribution is 2.33. The zero-order chi connectivity index (χ0) is 81.2. The zero-order valence-electron chi connectivity index (χ0n) is 56.5. The smallest absolute Gasteiger partial charge is 0.379 e. The topological polar surface area (TPSA) is 415 Å². The maximum Gasteiger partial charge on any atom is 0.379 e. The number of rotatable bonds is 68. The van der Waals surface area contributed by atoms with Crippen LogP contribution in [-0.4, -0.2) is 349 Å². The van der Waals surface area contributed by atoms with Gasteiger partial charge in [-0.2, -0.15) is 70.2 Å². The third-order valence-corrected chi connectivity index (χ3v) is 11.4. The van der Waals surface area contributed by atoms with E-state index >= 15 is 0 Å². The van der Waals surface area contributed by atoms with Gasteiger partial charge in [-0.25, -0.2) is 19.2 Å². The number of carbonyl (C=O) groups is 4. The summed E-state index contributed by atoms with van der Waals surface area (Å²) in [6.07, 6.45) is -38.3. The molecule has 0 aromatic carbocycles. The van der Waals surface area contributed by atoms with Gasteiger partial charge in [-0.05, 0) is 0 Å². The van der Waals surface area contributed by atoms with Gasteiger partial charge in [-0.15, -0.1) is 0 Å². The molecular formula is C58H88F16O32. The average Bonchev–Trinajstić information content (AvgIpc) is 0.837. The molecular weight excluding hydrogens is 1510 g/mol. The molecule has 0 radical (unpaired) electrons. The van der Waals surface area contributed by atoms with Gasteiger partial charge >= 0.3 is 72.7 Å². The maximum absolute atomic E-state index is 15.0. The lowest BCUT2D eigenvalue weighted by Crippen LogP contribution is -2.48. The Morgan fingerprint density at radius 3 is 0.679 bits per heavy atom. The van der Waals surface area contributed by atoms with E-state index < -0.39 is 319 Å². The van der Waals surface area contributed by atoms with Crippen molar-refractivity contribution in [1.82, 2.24) is 0 Å². The standard InChI is InChI=1S/C37H52F8O20.C21H36F8O12/c1-5-29(50)58-11-25(46)9-54-21-36(42,43)64-19-33(17-56-23-34(38,39)62-15-27(48)13-60-31(52)7-3,18-57-24-35(40,41)63-16-28(49)14-61-32(53)8-4)20-65-37(44,45)22-55-10-26(47)12-59-30(51)6-2;22-18(23,38-7-3-32)15-36-9-17(10-37-16-19(24,25)39-8-4-33,11-40-20(26,27)13-34-5-1-30)12-41-21(28,29)14-35-6-2-31/h5-8,25-28,46-49H,1-4,9-24H2;30-33H,1-16H2. The quantitative estimate of drug-likeness (QED) is 0.0140. The van der Waals surface area contributed by atoms with Gasteiger partial charge in [0, 0.05) is 24.3 Å². The molecule has 0 aromatic rings. The molecule has 32 nitrogen and oxygen atoms in total. The van der Waals surface area contributed by atoms with Crippen molar-refractivity contribution in [2.45, 2.75) is 73.3 Å². The van der Waals surface area contributed by atoms with Crippen LogP contribution in [0.4, 0.5) is 70.2 Å². The number of aliphatic hydroxyl groups excluding tert-OH is 8. The number of hydrogen-bond donors (Lipinski definition) is 8.